The van der Waals surface area contributed by atoms with Crippen LogP contribution in [0.15, 0.2) is 47.4 Å². The van der Waals surface area contributed by atoms with Crippen LogP contribution in [-0.2, 0) is 19.6 Å². The average Bonchev–Trinajstić information content (AvgIpc) is 3.10. The topological polar surface area (TPSA) is 107 Å². The summed E-state index contributed by atoms with van der Waals surface area (Å²) in [6.45, 7) is 4.85. The molecule has 0 unspecified atom stereocenters. The van der Waals surface area contributed by atoms with Gasteiger partial charge in [0.2, 0.25) is 0 Å². The van der Waals surface area contributed by atoms with E-state index in [4.69, 9.17) is 9.47 Å². The first kappa shape index (κ1) is 45.6. The summed E-state index contributed by atoms with van der Waals surface area (Å²) in [6.07, 6.45) is 39.4. The number of unbranched alkanes of at least 4 members (excludes halogenated alkanes) is 22. The van der Waals surface area contributed by atoms with E-state index in [1.807, 2.05) is 0 Å². The van der Waals surface area contributed by atoms with Crippen molar-refractivity contribution in [2.75, 3.05) is 13.2 Å². The lowest BCUT2D eigenvalue weighted by molar-refractivity contribution is 0.0450. The van der Waals surface area contributed by atoms with Crippen molar-refractivity contribution < 1.29 is 32.0 Å². The first-order valence-electron chi connectivity index (χ1n) is 20.1. The molecule has 286 valence electrons. The maximum absolute atomic E-state index is 12.9. The molecule has 0 aliphatic carbocycles. The number of carbonyl (C=O) groups is 2. The highest BCUT2D eigenvalue weighted by Gasteiger charge is 2.23. The van der Waals surface area contributed by atoms with Gasteiger partial charge in [0.15, 0.2) is 0 Å². The fraction of sp³-hybridized carbons (Fsp3) is 0.714. The molecule has 1 aromatic rings. The average molecular weight is 719 g/mol. The van der Waals surface area contributed by atoms with E-state index in [-0.39, 0.29) is 24.3 Å². The monoisotopic (exact) mass is 718 g/mol. The van der Waals surface area contributed by atoms with Crippen LogP contribution in [0.3, 0.4) is 0 Å². The zero-order chi connectivity index (χ0) is 36.5. The Morgan fingerprint density at radius 2 is 0.860 bits per heavy atom. The van der Waals surface area contributed by atoms with Gasteiger partial charge in [-0.1, -0.05) is 141 Å². The summed E-state index contributed by atoms with van der Waals surface area (Å²) in [4.78, 5) is 25.3. The van der Waals surface area contributed by atoms with Crippen molar-refractivity contribution in [3.63, 3.8) is 0 Å². The largest absolute Gasteiger partial charge is 0.462 e. The molecule has 0 spiro atoms. The van der Waals surface area contributed by atoms with Gasteiger partial charge in [-0.05, 0) is 82.4 Å². The number of esters is 2. The Kier molecular flexibility index (Phi) is 28.5. The second-order valence-electron chi connectivity index (χ2n) is 13.6. The van der Waals surface area contributed by atoms with Crippen molar-refractivity contribution in [3.05, 3.63) is 53.6 Å². The van der Waals surface area contributed by atoms with Gasteiger partial charge in [0.1, 0.15) is 0 Å². The fourth-order valence-electron chi connectivity index (χ4n) is 5.86. The Balaban J connectivity index is 2.28. The van der Waals surface area contributed by atoms with Gasteiger partial charge in [0.05, 0.1) is 29.2 Å². The minimum absolute atomic E-state index is 0.0646. The molecule has 0 radical (unpaired) electrons. The third-order valence-corrected chi connectivity index (χ3v) is 9.86. The number of hydrogen-bond donors (Lipinski definition) is 1. The number of hydrogen-bond acceptors (Lipinski definition) is 6. The van der Waals surface area contributed by atoms with E-state index >= 15 is 0 Å². The molecule has 50 heavy (non-hydrogen) atoms. The van der Waals surface area contributed by atoms with Crippen LogP contribution in [0.4, 0.5) is 0 Å². The second-order valence-corrected chi connectivity index (χ2v) is 15.0. The lowest BCUT2D eigenvalue weighted by Crippen LogP contribution is -2.16. The van der Waals surface area contributed by atoms with Crippen molar-refractivity contribution in [2.24, 2.45) is 0 Å². The normalized spacial score (nSPS) is 11.9. The Bertz CT molecular complexity index is 1170. The highest BCUT2D eigenvalue weighted by atomic mass is 32.2. The van der Waals surface area contributed by atoms with Crippen LogP contribution >= 0.6 is 0 Å². The third kappa shape index (κ3) is 24.7. The van der Waals surface area contributed by atoms with Gasteiger partial charge >= 0.3 is 11.9 Å². The van der Waals surface area contributed by atoms with E-state index in [1.165, 1.54) is 122 Å². The summed E-state index contributed by atoms with van der Waals surface area (Å²) in [7, 11) is -4.56. The molecule has 1 rings (SSSR count). The number of carbonyl (C=O) groups excluding carboxylic acids is 2. The summed E-state index contributed by atoms with van der Waals surface area (Å²) in [5.74, 6) is -1.51. The fourth-order valence-corrected chi connectivity index (χ4v) is 6.37. The minimum Gasteiger partial charge on any atom is -0.462 e. The van der Waals surface area contributed by atoms with Crippen molar-refractivity contribution in [1.29, 1.82) is 0 Å². The lowest BCUT2D eigenvalue weighted by Gasteiger charge is -2.11. The lowest BCUT2D eigenvalue weighted by atomic mass is 10.1. The van der Waals surface area contributed by atoms with Crippen LogP contribution in [0, 0.1) is 0 Å². The minimum atomic E-state index is -4.56. The van der Waals surface area contributed by atoms with Crippen LogP contribution in [0.2, 0.25) is 0 Å². The van der Waals surface area contributed by atoms with E-state index in [2.05, 4.69) is 38.2 Å². The predicted molar refractivity (Wildman–Crippen MR) is 206 cm³/mol. The summed E-state index contributed by atoms with van der Waals surface area (Å²) in [6, 6.07) is 3.28. The SMILES string of the molecule is CCCCC/C=C/CCCCCCCCCCOC(=O)c1ccc(S(=O)(=O)O)cc1C(=O)OCCCCCCCCCC/C=C/CCCCC. The maximum Gasteiger partial charge on any atom is 0.339 e. The molecule has 0 aliphatic rings. The summed E-state index contributed by atoms with van der Waals surface area (Å²) < 4.78 is 43.8. The number of benzene rings is 1. The molecule has 0 fully saturated rings. The highest BCUT2D eigenvalue weighted by molar-refractivity contribution is 7.85. The molecule has 0 aromatic heterocycles. The van der Waals surface area contributed by atoms with Crippen molar-refractivity contribution >= 4 is 22.1 Å². The summed E-state index contributed by atoms with van der Waals surface area (Å²) >= 11 is 0. The van der Waals surface area contributed by atoms with Gasteiger partial charge in [-0.25, -0.2) is 9.59 Å². The van der Waals surface area contributed by atoms with E-state index in [0.717, 1.165) is 50.7 Å². The maximum atomic E-state index is 12.9. The smallest absolute Gasteiger partial charge is 0.339 e. The van der Waals surface area contributed by atoms with Crippen LogP contribution < -0.4 is 0 Å². The standard InChI is InChI=1S/C42H70O7S/c1-3-5-7-9-11-13-15-17-19-21-23-25-27-29-31-35-48-41(43)39-34-33-38(50(45,46)47)37-40(39)42(44)49-36-32-30-28-26-24-22-20-18-16-14-12-10-8-6-4-2/h11-14,33-34,37H,3-10,15-32,35-36H2,1-2H3,(H,45,46,47)/b13-11+,14-12+. The van der Waals surface area contributed by atoms with Gasteiger partial charge in [0, 0.05) is 0 Å². The molecule has 7 nitrogen and oxygen atoms in total. The Hall–Kier alpha value is -2.45. The molecule has 0 atom stereocenters. The quantitative estimate of drug-likeness (QED) is 0.0333. The molecule has 1 N–H and O–H groups in total. The molecule has 0 saturated heterocycles. The summed E-state index contributed by atoms with van der Waals surface area (Å²) in [5.41, 5.74) is -0.280. The van der Waals surface area contributed by atoms with E-state index in [1.54, 1.807) is 0 Å². The summed E-state index contributed by atoms with van der Waals surface area (Å²) in [5, 5.41) is 0. The Morgan fingerprint density at radius 3 is 1.24 bits per heavy atom. The van der Waals surface area contributed by atoms with Gasteiger partial charge in [0.25, 0.3) is 10.1 Å². The van der Waals surface area contributed by atoms with Crippen molar-refractivity contribution in [2.45, 2.75) is 186 Å². The first-order valence-corrected chi connectivity index (χ1v) is 21.5. The molecule has 0 aliphatic heterocycles. The Labute approximate surface area is 305 Å². The van der Waals surface area contributed by atoms with Crippen molar-refractivity contribution in [3.8, 4) is 0 Å². The zero-order valence-electron chi connectivity index (χ0n) is 31.6. The van der Waals surface area contributed by atoms with Gasteiger partial charge in [-0.3, -0.25) is 4.55 Å². The molecule has 0 saturated carbocycles. The molecule has 0 bridgehead atoms. The first-order chi connectivity index (χ1) is 24.3. The molecule has 8 heteroatoms. The van der Waals surface area contributed by atoms with Crippen molar-refractivity contribution in [1.82, 2.24) is 0 Å². The van der Waals surface area contributed by atoms with Crippen LogP contribution in [0.1, 0.15) is 202 Å². The van der Waals surface area contributed by atoms with E-state index in [0.29, 0.717) is 12.8 Å². The van der Waals surface area contributed by atoms with Gasteiger partial charge < -0.3 is 9.47 Å². The zero-order valence-corrected chi connectivity index (χ0v) is 32.5. The van der Waals surface area contributed by atoms with E-state index < -0.39 is 27.0 Å². The number of allylic oxidation sites excluding steroid dienone is 4. The molecular weight excluding hydrogens is 649 g/mol. The number of rotatable bonds is 33. The highest BCUT2D eigenvalue weighted by Crippen LogP contribution is 2.20. The second kappa shape index (κ2) is 31.3. The van der Waals surface area contributed by atoms with Crippen LogP contribution in [0.5, 0.6) is 0 Å². The van der Waals surface area contributed by atoms with Crippen LogP contribution in [0.25, 0.3) is 0 Å². The predicted octanol–water partition coefficient (Wildman–Crippen LogP) is 12.5. The van der Waals surface area contributed by atoms with Gasteiger partial charge in [-0.15, -0.1) is 0 Å². The molecule has 0 amide bonds. The Morgan fingerprint density at radius 1 is 0.520 bits per heavy atom. The third-order valence-electron chi connectivity index (χ3n) is 9.01. The molecular formula is C42H70O7S. The van der Waals surface area contributed by atoms with Crippen LogP contribution in [-0.4, -0.2) is 38.1 Å². The van der Waals surface area contributed by atoms with E-state index in [9.17, 15) is 22.6 Å². The number of ether oxygens (including phenoxy) is 2. The van der Waals surface area contributed by atoms with Gasteiger partial charge in [-0.2, -0.15) is 8.42 Å². The molecule has 0 heterocycles. The molecule has 1 aromatic carbocycles.